The minimum atomic E-state index is -0.0158. The first-order chi connectivity index (χ1) is 9.65. The molecule has 0 aliphatic heterocycles. The molecular formula is C16H23NO3. The summed E-state index contributed by atoms with van der Waals surface area (Å²) >= 11 is 0. The molecule has 1 amide bonds. The second kappa shape index (κ2) is 6.64. The Hall–Kier alpha value is -1.71. The van der Waals surface area contributed by atoms with Crippen molar-refractivity contribution < 1.29 is 14.3 Å². The van der Waals surface area contributed by atoms with Gasteiger partial charge in [0, 0.05) is 5.92 Å². The fourth-order valence-corrected chi connectivity index (χ4v) is 2.10. The summed E-state index contributed by atoms with van der Waals surface area (Å²) in [7, 11) is 0. The number of hydrogen-bond donors (Lipinski definition) is 1. The van der Waals surface area contributed by atoms with Gasteiger partial charge in [0.15, 0.2) is 11.5 Å². The molecule has 1 aliphatic rings. The highest BCUT2D eigenvalue weighted by molar-refractivity contribution is 5.81. The molecule has 20 heavy (non-hydrogen) atoms. The van der Waals surface area contributed by atoms with Gasteiger partial charge < -0.3 is 14.8 Å². The molecule has 1 N–H and O–H groups in total. The van der Waals surface area contributed by atoms with Gasteiger partial charge in [-0.1, -0.05) is 6.07 Å². The molecule has 1 saturated carbocycles. The maximum atomic E-state index is 11.8. The van der Waals surface area contributed by atoms with Crippen molar-refractivity contribution in [3.63, 3.8) is 0 Å². The molecule has 1 aliphatic carbocycles. The summed E-state index contributed by atoms with van der Waals surface area (Å²) in [5.74, 6) is 1.87. The molecule has 1 aromatic rings. The number of carbonyl (C=O) groups is 1. The summed E-state index contributed by atoms with van der Waals surface area (Å²) in [4.78, 5) is 11.8. The third-order valence-corrected chi connectivity index (χ3v) is 3.37. The molecule has 0 spiro atoms. The van der Waals surface area contributed by atoms with Gasteiger partial charge in [0.1, 0.15) is 0 Å². The average molecular weight is 277 g/mol. The first kappa shape index (κ1) is 14.7. The summed E-state index contributed by atoms with van der Waals surface area (Å²) in [5, 5.41) is 3.04. The molecule has 4 heteroatoms. The summed E-state index contributed by atoms with van der Waals surface area (Å²) in [6.45, 7) is 7.08. The highest BCUT2D eigenvalue weighted by Gasteiger charge is 2.30. The van der Waals surface area contributed by atoms with Crippen LogP contribution in [-0.4, -0.2) is 19.1 Å². The number of carbonyl (C=O) groups excluding carboxylic acids is 1. The van der Waals surface area contributed by atoms with E-state index < -0.39 is 0 Å². The Morgan fingerprint density at radius 1 is 1.25 bits per heavy atom. The predicted molar refractivity (Wildman–Crippen MR) is 78.1 cm³/mol. The largest absolute Gasteiger partial charge is 0.490 e. The molecule has 0 aromatic heterocycles. The van der Waals surface area contributed by atoms with E-state index in [9.17, 15) is 4.79 Å². The zero-order valence-corrected chi connectivity index (χ0v) is 12.4. The smallest absolute Gasteiger partial charge is 0.223 e. The van der Waals surface area contributed by atoms with Gasteiger partial charge >= 0.3 is 0 Å². The van der Waals surface area contributed by atoms with E-state index in [0.717, 1.165) is 29.9 Å². The van der Waals surface area contributed by atoms with E-state index in [2.05, 4.69) is 5.32 Å². The summed E-state index contributed by atoms with van der Waals surface area (Å²) in [6.07, 6.45) is 2.04. The van der Waals surface area contributed by atoms with Gasteiger partial charge in [0.05, 0.1) is 19.3 Å². The number of ether oxygens (including phenoxy) is 2. The minimum absolute atomic E-state index is 0.0158. The summed E-state index contributed by atoms with van der Waals surface area (Å²) < 4.78 is 11.1. The van der Waals surface area contributed by atoms with Gasteiger partial charge in [-0.3, -0.25) is 4.79 Å². The van der Waals surface area contributed by atoms with Crippen molar-refractivity contribution >= 4 is 5.91 Å². The quantitative estimate of drug-likeness (QED) is 0.833. The number of hydrogen-bond acceptors (Lipinski definition) is 3. The highest BCUT2D eigenvalue weighted by Crippen LogP contribution is 2.32. The van der Waals surface area contributed by atoms with Crippen LogP contribution in [0.5, 0.6) is 11.5 Å². The van der Waals surface area contributed by atoms with Gasteiger partial charge in [0.25, 0.3) is 0 Å². The van der Waals surface area contributed by atoms with Crippen molar-refractivity contribution in [2.24, 2.45) is 5.92 Å². The van der Waals surface area contributed by atoms with Crippen LogP contribution in [0.1, 0.15) is 45.2 Å². The average Bonchev–Trinajstić information content (AvgIpc) is 3.25. The van der Waals surface area contributed by atoms with Crippen LogP contribution in [0.25, 0.3) is 0 Å². The van der Waals surface area contributed by atoms with E-state index in [-0.39, 0.29) is 17.9 Å². The van der Waals surface area contributed by atoms with Crippen LogP contribution < -0.4 is 14.8 Å². The molecular weight excluding hydrogens is 254 g/mol. The third kappa shape index (κ3) is 3.65. The van der Waals surface area contributed by atoms with Crippen LogP contribution in [-0.2, 0) is 4.79 Å². The normalized spacial score (nSPS) is 15.6. The lowest BCUT2D eigenvalue weighted by Crippen LogP contribution is -2.27. The SMILES string of the molecule is CCOc1ccc([C@H](C)NC(=O)C2CC2)cc1OCC. The van der Waals surface area contributed by atoms with Crippen LogP contribution in [0.3, 0.4) is 0 Å². The van der Waals surface area contributed by atoms with E-state index in [4.69, 9.17) is 9.47 Å². The first-order valence-electron chi connectivity index (χ1n) is 7.35. The van der Waals surface area contributed by atoms with Gasteiger partial charge in [0.2, 0.25) is 5.91 Å². The van der Waals surface area contributed by atoms with E-state index in [1.165, 1.54) is 0 Å². The molecule has 0 heterocycles. The monoisotopic (exact) mass is 277 g/mol. The van der Waals surface area contributed by atoms with E-state index in [1.54, 1.807) is 0 Å². The zero-order chi connectivity index (χ0) is 14.5. The van der Waals surface area contributed by atoms with Crippen molar-refractivity contribution in [1.29, 1.82) is 0 Å². The fraction of sp³-hybridized carbons (Fsp3) is 0.562. The van der Waals surface area contributed by atoms with E-state index >= 15 is 0 Å². The molecule has 0 saturated heterocycles. The lowest BCUT2D eigenvalue weighted by Gasteiger charge is -2.17. The van der Waals surface area contributed by atoms with Crippen LogP contribution >= 0.6 is 0 Å². The van der Waals surface area contributed by atoms with E-state index in [0.29, 0.717) is 13.2 Å². The Bertz CT molecular complexity index is 469. The maximum Gasteiger partial charge on any atom is 0.223 e. The fourth-order valence-electron chi connectivity index (χ4n) is 2.10. The second-order valence-electron chi connectivity index (χ2n) is 5.08. The molecule has 4 nitrogen and oxygen atoms in total. The van der Waals surface area contributed by atoms with E-state index in [1.807, 2.05) is 39.0 Å². The van der Waals surface area contributed by atoms with Gasteiger partial charge in [-0.15, -0.1) is 0 Å². The topological polar surface area (TPSA) is 47.6 Å². The zero-order valence-electron chi connectivity index (χ0n) is 12.4. The van der Waals surface area contributed by atoms with Crippen molar-refractivity contribution in [2.45, 2.75) is 39.7 Å². The van der Waals surface area contributed by atoms with Gasteiger partial charge in [-0.25, -0.2) is 0 Å². The van der Waals surface area contributed by atoms with Gasteiger partial charge in [-0.2, -0.15) is 0 Å². The Labute approximate surface area is 120 Å². The Morgan fingerprint density at radius 3 is 2.50 bits per heavy atom. The standard InChI is InChI=1S/C16H23NO3/c1-4-19-14-9-8-13(10-15(14)20-5-2)11(3)17-16(18)12-6-7-12/h8-12H,4-7H2,1-3H3,(H,17,18)/t11-/m0/s1. The van der Waals surface area contributed by atoms with Crippen molar-refractivity contribution in [1.82, 2.24) is 5.32 Å². The molecule has 0 bridgehead atoms. The minimum Gasteiger partial charge on any atom is -0.490 e. The number of benzene rings is 1. The van der Waals surface area contributed by atoms with Crippen LogP contribution in [0.15, 0.2) is 18.2 Å². The van der Waals surface area contributed by atoms with Crippen molar-refractivity contribution in [3.8, 4) is 11.5 Å². The van der Waals surface area contributed by atoms with Crippen LogP contribution in [0, 0.1) is 5.92 Å². The molecule has 0 radical (unpaired) electrons. The van der Waals surface area contributed by atoms with Gasteiger partial charge in [-0.05, 0) is 51.3 Å². The molecule has 2 rings (SSSR count). The molecule has 1 fully saturated rings. The first-order valence-corrected chi connectivity index (χ1v) is 7.35. The number of nitrogens with one attached hydrogen (secondary N) is 1. The van der Waals surface area contributed by atoms with Crippen LogP contribution in [0.2, 0.25) is 0 Å². The lowest BCUT2D eigenvalue weighted by atomic mass is 10.1. The Balaban J connectivity index is 2.09. The highest BCUT2D eigenvalue weighted by atomic mass is 16.5. The summed E-state index contributed by atoms with van der Waals surface area (Å²) in [6, 6.07) is 5.82. The number of rotatable bonds is 7. The predicted octanol–water partition coefficient (Wildman–Crippen LogP) is 3.07. The Kier molecular flexibility index (Phi) is 4.88. The summed E-state index contributed by atoms with van der Waals surface area (Å²) in [5.41, 5.74) is 1.03. The number of amides is 1. The maximum absolute atomic E-state index is 11.8. The Morgan fingerprint density at radius 2 is 1.90 bits per heavy atom. The molecule has 1 aromatic carbocycles. The molecule has 110 valence electrons. The lowest BCUT2D eigenvalue weighted by molar-refractivity contribution is -0.122. The van der Waals surface area contributed by atoms with Crippen molar-refractivity contribution in [2.75, 3.05) is 13.2 Å². The second-order valence-corrected chi connectivity index (χ2v) is 5.08. The van der Waals surface area contributed by atoms with Crippen molar-refractivity contribution in [3.05, 3.63) is 23.8 Å². The third-order valence-electron chi connectivity index (χ3n) is 3.37. The molecule has 1 atom stereocenters. The van der Waals surface area contributed by atoms with Crippen LogP contribution in [0.4, 0.5) is 0 Å². The molecule has 0 unspecified atom stereocenters.